The van der Waals surface area contributed by atoms with E-state index in [0.717, 1.165) is 11.0 Å². The van der Waals surface area contributed by atoms with Gasteiger partial charge in [-0.25, -0.2) is 0 Å². The van der Waals surface area contributed by atoms with Crippen molar-refractivity contribution >= 4 is 21.7 Å². The van der Waals surface area contributed by atoms with E-state index in [1.165, 1.54) is 5.56 Å². The third-order valence-corrected chi connectivity index (χ3v) is 3.48. The number of hydrogen-bond acceptors (Lipinski definition) is 2. The summed E-state index contributed by atoms with van der Waals surface area (Å²) in [5.74, 6) is 0.376. The first-order valence-corrected chi connectivity index (χ1v) is 5.93. The van der Waals surface area contributed by atoms with Gasteiger partial charge in [0.2, 0.25) is 0 Å². The highest BCUT2D eigenvalue weighted by molar-refractivity contribution is 9.10. The van der Waals surface area contributed by atoms with E-state index in [9.17, 15) is 4.79 Å². The van der Waals surface area contributed by atoms with Gasteiger partial charge in [0, 0.05) is 29.9 Å². The third kappa shape index (κ3) is 2.47. The number of benzene rings is 1. The molecule has 3 heteroatoms. The molecule has 1 aromatic rings. The van der Waals surface area contributed by atoms with Crippen LogP contribution in [0.3, 0.4) is 0 Å². The van der Waals surface area contributed by atoms with Gasteiger partial charge in [-0.3, -0.25) is 9.69 Å². The second-order valence-corrected chi connectivity index (χ2v) is 4.96. The lowest BCUT2D eigenvalue weighted by Gasteiger charge is -2.31. The van der Waals surface area contributed by atoms with Crippen molar-refractivity contribution in [1.29, 1.82) is 0 Å². The summed E-state index contributed by atoms with van der Waals surface area (Å²) < 4.78 is 1.08. The van der Waals surface area contributed by atoms with Gasteiger partial charge in [-0.15, -0.1) is 0 Å². The van der Waals surface area contributed by atoms with Crippen LogP contribution in [0.1, 0.15) is 24.4 Å². The maximum atomic E-state index is 11.4. The zero-order chi connectivity index (χ0) is 10.8. The van der Waals surface area contributed by atoms with Crippen molar-refractivity contribution in [2.75, 3.05) is 13.6 Å². The molecule has 1 aliphatic rings. The number of hydrogen-bond donors (Lipinski definition) is 0. The Morgan fingerprint density at radius 2 is 2.00 bits per heavy atom. The van der Waals surface area contributed by atoms with E-state index in [2.05, 4.69) is 40.0 Å². The Bertz CT molecular complexity index is 360. The first-order chi connectivity index (χ1) is 7.16. The van der Waals surface area contributed by atoms with Crippen LogP contribution in [-0.2, 0) is 4.79 Å². The van der Waals surface area contributed by atoms with Crippen LogP contribution in [0.15, 0.2) is 28.7 Å². The van der Waals surface area contributed by atoms with Crippen LogP contribution in [0.25, 0.3) is 0 Å². The number of nitrogens with zero attached hydrogens (tertiary/aromatic N) is 1. The normalized spacial score (nSPS) is 23.1. The van der Waals surface area contributed by atoms with Crippen molar-refractivity contribution in [3.05, 3.63) is 34.3 Å². The Morgan fingerprint density at radius 1 is 1.33 bits per heavy atom. The summed E-state index contributed by atoms with van der Waals surface area (Å²) in [6, 6.07) is 8.50. The molecule has 0 radical (unpaired) electrons. The fourth-order valence-electron chi connectivity index (χ4n) is 1.99. The quantitative estimate of drug-likeness (QED) is 0.780. The predicted octanol–water partition coefficient (Wildman–Crippen LogP) is 2.78. The number of ketones is 1. The summed E-state index contributed by atoms with van der Waals surface area (Å²) >= 11 is 3.42. The highest BCUT2D eigenvalue weighted by Gasteiger charge is 2.25. The topological polar surface area (TPSA) is 20.3 Å². The molecule has 0 unspecified atom stereocenters. The molecule has 80 valence electrons. The number of piperidine rings is 1. The number of carbonyl (C=O) groups is 1. The number of carbonyl (C=O) groups excluding carboxylic acids is 1. The second-order valence-electron chi connectivity index (χ2n) is 4.04. The van der Waals surface area contributed by atoms with Crippen molar-refractivity contribution in [3.63, 3.8) is 0 Å². The van der Waals surface area contributed by atoms with Crippen LogP contribution in [0, 0.1) is 0 Å². The van der Waals surface area contributed by atoms with Crippen LogP contribution >= 0.6 is 15.9 Å². The minimum absolute atomic E-state index is 0.263. The Balaban J connectivity index is 2.21. The first kappa shape index (κ1) is 10.8. The molecule has 0 amide bonds. The maximum Gasteiger partial charge on any atom is 0.136 e. The molecule has 1 heterocycles. The molecule has 15 heavy (non-hydrogen) atoms. The lowest BCUT2D eigenvalue weighted by atomic mass is 9.95. The lowest BCUT2D eigenvalue weighted by Crippen LogP contribution is -2.33. The summed E-state index contributed by atoms with van der Waals surface area (Å²) in [6.07, 6.45) is 1.35. The van der Waals surface area contributed by atoms with Crippen LogP contribution in [0.4, 0.5) is 0 Å². The fourth-order valence-corrected chi connectivity index (χ4v) is 2.25. The van der Waals surface area contributed by atoms with Crippen molar-refractivity contribution in [2.45, 2.75) is 18.9 Å². The zero-order valence-corrected chi connectivity index (χ0v) is 10.3. The molecule has 1 fully saturated rings. The van der Waals surface area contributed by atoms with E-state index in [4.69, 9.17) is 0 Å². The van der Waals surface area contributed by atoms with Crippen molar-refractivity contribution in [2.24, 2.45) is 0 Å². The van der Waals surface area contributed by atoms with Gasteiger partial charge in [0.05, 0.1) is 0 Å². The highest BCUT2D eigenvalue weighted by atomic mass is 79.9. The Labute approximate surface area is 98.4 Å². The molecule has 2 rings (SSSR count). The van der Waals surface area contributed by atoms with E-state index < -0.39 is 0 Å². The van der Waals surface area contributed by atoms with Gasteiger partial charge in [-0.1, -0.05) is 28.1 Å². The highest BCUT2D eigenvalue weighted by Crippen LogP contribution is 2.28. The summed E-state index contributed by atoms with van der Waals surface area (Å²) in [6.45, 7) is 0.875. The molecule has 0 aromatic heterocycles. The van der Waals surface area contributed by atoms with Gasteiger partial charge in [0.1, 0.15) is 5.78 Å². The molecular formula is C12H14BrNO. The smallest absolute Gasteiger partial charge is 0.136 e. The van der Waals surface area contributed by atoms with E-state index in [-0.39, 0.29) is 6.04 Å². The SMILES string of the molecule is CN1CCC(=O)C[C@H]1c1ccc(Br)cc1. The van der Waals surface area contributed by atoms with Crippen LogP contribution in [-0.4, -0.2) is 24.3 Å². The van der Waals surface area contributed by atoms with E-state index >= 15 is 0 Å². The standard InChI is InChI=1S/C12H14BrNO/c1-14-7-6-11(15)8-12(14)9-2-4-10(13)5-3-9/h2-5,12H,6-8H2,1H3/t12-/m0/s1. The van der Waals surface area contributed by atoms with Crippen molar-refractivity contribution < 1.29 is 4.79 Å². The molecule has 1 atom stereocenters. The van der Waals surface area contributed by atoms with Crippen LogP contribution < -0.4 is 0 Å². The first-order valence-electron chi connectivity index (χ1n) is 5.14. The average molecular weight is 268 g/mol. The van der Waals surface area contributed by atoms with Gasteiger partial charge < -0.3 is 0 Å². The minimum Gasteiger partial charge on any atom is -0.300 e. The number of rotatable bonds is 1. The molecule has 0 bridgehead atoms. The van der Waals surface area contributed by atoms with E-state index in [1.54, 1.807) is 0 Å². The van der Waals surface area contributed by atoms with Gasteiger partial charge >= 0.3 is 0 Å². The summed E-state index contributed by atoms with van der Waals surface area (Å²) in [5, 5.41) is 0. The Morgan fingerprint density at radius 3 is 2.67 bits per heavy atom. The fraction of sp³-hybridized carbons (Fsp3) is 0.417. The molecule has 1 aromatic carbocycles. The molecule has 0 aliphatic carbocycles. The summed E-state index contributed by atoms with van der Waals surface area (Å²) in [5.41, 5.74) is 1.23. The molecule has 0 saturated carbocycles. The second kappa shape index (κ2) is 4.45. The third-order valence-electron chi connectivity index (χ3n) is 2.95. The van der Waals surface area contributed by atoms with E-state index in [0.29, 0.717) is 18.6 Å². The number of likely N-dealkylation sites (tertiary alicyclic amines) is 1. The lowest BCUT2D eigenvalue weighted by molar-refractivity contribution is -0.122. The molecular weight excluding hydrogens is 254 g/mol. The largest absolute Gasteiger partial charge is 0.300 e. The van der Waals surface area contributed by atoms with Crippen molar-refractivity contribution in [3.8, 4) is 0 Å². The monoisotopic (exact) mass is 267 g/mol. The molecule has 1 aliphatic heterocycles. The molecule has 1 saturated heterocycles. The van der Waals surface area contributed by atoms with Gasteiger partial charge in [0.15, 0.2) is 0 Å². The Hall–Kier alpha value is -0.670. The van der Waals surface area contributed by atoms with Crippen molar-refractivity contribution in [1.82, 2.24) is 4.90 Å². The minimum atomic E-state index is 0.263. The average Bonchev–Trinajstić information content (AvgIpc) is 2.23. The van der Waals surface area contributed by atoms with E-state index in [1.807, 2.05) is 12.1 Å². The Kier molecular flexibility index (Phi) is 3.22. The van der Waals surface area contributed by atoms with Gasteiger partial charge in [0.25, 0.3) is 0 Å². The molecule has 0 spiro atoms. The number of halogens is 1. The van der Waals surface area contributed by atoms with Crippen LogP contribution in [0.2, 0.25) is 0 Å². The summed E-state index contributed by atoms with van der Waals surface area (Å²) in [4.78, 5) is 13.7. The van der Waals surface area contributed by atoms with Gasteiger partial charge in [-0.05, 0) is 24.7 Å². The molecule has 2 nitrogen and oxygen atoms in total. The zero-order valence-electron chi connectivity index (χ0n) is 8.74. The molecule has 0 N–H and O–H groups in total. The summed E-state index contributed by atoms with van der Waals surface area (Å²) in [7, 11) is 2.08. The number of Topliss-reactive ketones (excluding diaryl/α,β-unsaturated/α-hetero) is 1. The van der Waals surface area contributed by atoms with Crippen LogP contribution in [0.5, 0.6) is 0 Å². The van der Waals surface area contributed by atoms with Gasteiger partial charge in [-0.2, -0.15) is 0 Å². The predicted molar refractivity (Wildman–Crippen MR) is 63.8 cm³/mol. The maximum absolute atomic E-state index is 11.4.